The highest BCUT2D eigenvalue weighted by atomic mass is 32.2. The molecule has 1 fully saturated rings. The smallest absolute Gasteiger partial charge is 0.256 e. The van der Waals surface area contributed by atoms with Gasteiger partial charge in [0.1, 0.15) is 5.03 Å². The van der Waals surface area contributed by atoms with Gasteiger partial charge < -0.3 is 4.90 Å². The van der Waals surface area contributed by atoms with E-state index in [4.69, 9.17) is 5.14 Å². The van der Waals surface area contributed by atoms with Crippen LogP contribution in [0, 0.1) is 0 Å². The second kappa shape index (κ2) is 5.49. The molecule has 1 unspecified atom stereocenters. The highest BCUT2D eigenvalue weighted by molar-refractivity contribution is 7.97. The molecule has 0 aromatic carbocycles. The number of carbonyl (C=O) groups is 2. The maximum absolute atomic E-state index is 12.3. The molecule has 0 aliphatic carbocycles. The van der Waals surface area contributed by atoms with Crippen LogP contribution >= 0.6 is 11.9 Å². The van der Waals surface area contributed by atoms with Crippen LogP contribution in [0.15, 0.2) is 23.4 Å². The lowest BCUT2D eigenvalue weighted by atomic mass is 10.1. The molecule has 18 heavy (non-hydrogen) atoms. The first kappa shape index (κ1) is 13.0. The van der Waals surface area contributed by atoms with E-state index < -0.39 is 0 Å². The Bertz CT molecular complexity index is 461. The summed E-state index contributed by atoms with van der Waals surface area (Å²) in [6.07, 6.45) is 3.14. The number of pyridine rings is 1. The van der Waals surface area contributed by atoms with Gasteiger partial charge in [-0.05, 0) is 43.8 Å². The van der Waals surface area contributed by atoms with Gasteiger partial charge in [-0.3, -0.25) is 14.7 Å². The van der Waals surface area contributed by atoms with Gasteiger partial charge in [0.25, 0.3) is 5.91 Å². The molecule has 6 heteroatoms. The molecule has 0 spiro atoms. The highest BCUT2D eigenvalue weighted by Crippen LogP contribution is 2.21. The van der Waals surface area contributed by atoms with E-state index in [1.807, 2.05) is 0 Å². The Labute approximate surface area is 110 Å². The molecule has 96 valence electrons. The number of hydrogen-bond donors (Lipinski definition) is 1. The van der Waals surface area contributed by atoms with Crippen LogP contribution in [0.1, 0.15) is 30.1 Å². The predicted molar refractivity (Wildman–Crippen MR) is 69.0 cm³/mol. The van der Waals surface area contributed by atoms with Gasteiger partial charge in [-0.2, -0.15) is 0 Å². The van der Waals surface area contributed by atoms with Gasteiger partial charge in [0.05, 0.1) is 11.6 Å². The molecule has 0 bridgehead atoms. The first-order chi connectivity index (χ1) is 8.63. The van der Waals surface area contributed by atoms with Crippen LogP contribution in [0.25, 0.3) is 0 Å². The van der Waals surface area contributed by atoms with Crippen LogP contribution in [-0.4, -0.2) is 34.2 Å². The van der Waals surface area contributed by atoms with Crippen molar-refractivity contribution in [1.82, 2.24) is 9.88 Å². The van der Waals surface area contributed by atoms with Gasteiger partial charge >= 0.3 is 0 Å². The Morgan fingerprint density at radius 2 is 2.28 bits per heavy atom. The molecule has 1 aliphatic heterocycles. The van der Waals surface area contributed by atoms with E-state index in [-0.39, 0.29) is 17.7 Å². The maximum Gasteiger partial charge on any atom is 0.256 e. The molecule has 0 radical (unpaired) electrons. The zero-order valence-corrected chi connectivity index (χ0v) is 10.9. The Kier molecular flexibility index (Phi) is 3.98. The fraction of sp³-hybridized carbons (Fsp3) is 0.417. The summed E-state index contributed by atoms with van der Waals surface area (Å²) in [5, 5.41) is 6.04. The summed E-state index contributed by atoms with van der Waals surface area (Å²) in [7, 11) is 0. The van der Waals surface area contributed by atoms with Crippen LogP contribution in [0.4, 0.5) is 0 Å². The summed E-state index contributed by atoms with van der Waals surface area (Å²) in [6, 6.07) is 3.12. The quantitative estimate of drug-likeness (QED) is 0.832. The van der Waals surface area contributed by atoms with Gasteiger partial charge in [0.15, 0.2) is 5.78 Å². The van der Waals surface area contributed by atoms with E-state index in [0.29, 0.717) is 17.1 Å². The van der Waals surface area contributed by atoms with E-state index in [0.717, 1.165) is 24.8 Å². The number of hydrogen-bond acceptors (Lipinski definition) is 5. The number of carbonyl (C=O) groups excluding carboxylic acids is 2. The first-order valence-corrected chi connectivity index (χ1v) is 6.65. The third kappa shape index (κ3) is 2.54. The fourth-order valence-corrected chi connectivity index (χ4v) is 2.43. The Morgan fingerprint density at radius 1 is 1.50 bits per heavy atom. The number of Topliss-reactive ketones (excluding diaryl/α,β-unsaturated/α-hetero) is 1. The van der Waals surface area contributed by atoms with Gasteiger partial charge in [0.2, 0.25) is 0 Å². The number of nitrogens with zero attached hydrogens (tertiary/aromatic N) is 2. The van der Waals surface area contributed by atoms with Crippen molar-refractivity contribution in [3.63, 3.8) is 0 Å². The summed E-state index contributed by atoms with van der Waals surface area (Å²) < 4.78 is 0. The largest absolute Gasteiger partial charge is 0.329 e. The van der Waals surface area contributed by atoms with Crippen molar-refractivity contribution in [1.29, 1.82) is 0 Å². The molecule has 0 saturated carbocycles. The number of amides is 1. The fourth-order valence-electron chi connectivity index (χ4n) is 2.17. The molecule has 1 amide bonds. The van der Waals surface area contributed by atoms with E-state index in [1.54, 1.807) is 17.0 Å². The summed E-state index contributed by atoms with van der Waals surface area (Å²) in [4.78, 5) is 29.4. The summed E-state index contributed by atoms with van der Waals surface area (Å²) in [6.45, 7) is 2.17. The van der Waals surface area contributed by atoms with Crippen molar-refractivity contribution < 1.29 is 9.59 Å². The molecular formula is C12H15N3O2S. The maximum atomic E-state index is 12.3. The number of rotatable bonds is 3. The van der Waals surface area contributed by atoms with Crippen molar-refractivity contribution in [2.75, 3.05) is 6.54 Å². The summed E-state index contributed by atoms with van der Waals surface area (Å²) >= 11 is 1.04. The predicted octanol–water partition coefficient (Wildman–Crippen LogP) is 1.24. The lowest BCUT2D eigenvalue weighted by molar-refractivity contribution is -0.120. The minimum Gasteiger partial charge on any atom is -0.329 e. The van der Waals surface area contributed by atoms with Crippen molar-refractivity contribution in [2.45, 2.75) is 30.8 Å². The van der Waals surface area contributed by atoms with Gasteiger partial charge in [-0.25, -0.2) is 4.98 Å². The van der Waals surface area contributed by atoms with E-state index in [1.165, 1.54) is 13.1 Å². The molecular weight excluding hydrogens is 250 g/mol. The number of likely N-dealkylation sites (tertiary alicyclic amines) is 1. The van der Waals surface area contributed by atoms with Crippen molar-refractivity contribution in [3.8, 4) is 0 Å². The van der Waals surface area contributed by atoms with E-state index >= 15 is 0 Å². The number of ketones is 1. The molecule has 2 heterocycles. The molecule has 2 N–H and O–H groups in total. The topological polar surface area (TPSA) is 76.3 Å². The molecule has 1 saturated heterocycles. The van der Waals surface area contributed by atoms with E-state index in [9.17, 15) is 9.59 Å². The second-order valence-corrected chi connectivity index (χ2v) is 4.92. The average molecular weight is 265 g/mol. The van der Waals surface area contributed by atoms with Crippen LogP contribution in [0.2, 0.25) is 0 Å². The van der Waals surface area contributed by atoms with Crippen LogP contribution in [0.3, 0.4) is 0 Å². The average Bonchev–Trinajstić information content (AvgIpc) is 2.87. The third-order valence-electron chi connectivity index (χ3n) is 3.09. The van der Waals surface area contributed by atoms with E-state index in [2.05, 4.69) is 4.98 Å². The van der Waals surface area contributed by atoms with Crippen molar-refractivity contribution in [3.05, 3.63) is 23.9 Å². The molecule has 1 aromatic rings. The molecule has 1 aromatic heterocycles. The monoisotopic (exact) mass is 265 g/mol. The minimum absolute atomic E-state index is 0.0444. The highest BCUT2D eigenvalue weighted by Gasteiger charge is 2.32. The first-order valence-electron chi connectivity index (χ1n) is 5.77. The summed E-state index contributed by atoms with van der Waals surface area (Å²) in [5.41, 5.74) is 0.501. The molecule has 2 rings (SSSR count). The Hall–Kier alpha value is -1.40. The van der Waals surface area contributed by atoms with Crippen LogP contribution in [-0.2, 0) is 4.79 Å². The SMILES string of the molecule is CC(=O)C1CCCN1C(=O)c1ccc(SN)nc1. The zero-order chi connectivity index (χ0) is 13.1. The van der Waals surface area contributed by atoms with Gasteiger partial charge in [0, 0.05) is 12.7 Å². The Balaban J connectivity index is 2.17. The van der Waals surface area contributed by atoms with Crippen LogP contribution in [0.5, 0.6) is 0 Å². The number of nitrogens with two attached hydrogens (primary N) is 1. The standard InChI is InChI=1S/C12H15N3O2S/c1-8(16)10-3-2-6-15(10)12(17)9-4-5-11(18-13)14-7-9/h4-5,7,10H,2-3,6,13H2,1H3. The van der Waals surface area contributed by atoms with Crippen molar-refractivity contribution >= 4 is 23.6 Å². The lowest BCUT2D eigenvalue weighted by Gasteiger charge is -2.22. The molecule has 1 atom stereocenters. The van der Waals surface area contributed by atoms with Gasteiger partial charge in [-0.1, -0.05) is 0 Å². The van der Waals surface area contributed by atoms with Crippen LogP contribution < -0.4 is 5.14 Å². The number of aromatic nitrogens is 1. The van der Waals surface area contributed by atoms with Gasteiger partial charge in [-0.15, -0.1) is 0 Å². The minimum atomic E-state index is -0.277. The third-order valence-corrected chi connectivity index (χ3v) is 3.57. The summed E-state index contributed by atoms with van der Waals surface area (Å²) in [5.74, 6) is -0.0864. The zero-order valence-electron chi connectivity index (χ0n) is 10.1. The normalized spacial score (nSPS) is 19.0. The second-order valence-electron chi connectivity index (χ2n) is 4.27. The van der Waals surface area contributed by atoms with Crippen molar-refractivity contribution in [2.24, 2.45) is 5.14 Å². The molecule has 5 nitrogen and oxygen atoms in total. The lowest BCUT2D eigenvalue weighted by Crippen LogP contribution is -2.39. The Morgan fingerprint density at radius 3 is 2.83 bits per heavy atom. The molecule has 1 aliphatic rings.